The molecule has 0 spiro atoms. The van der Waals surface area contributed by atoms with Crippen LogP contribution in [0.1, 0.15) is 29.3 Å². The number of benzene rings is 1. The van der Waals surface area contributed by atoms with Gasteiger partial charge in [-0.15, -0.1) is 24.8 Å². The average Bonchev–Trinajstić information content (AvgIpc) is 2.68. The van der Waals surface area contributed by atoms with Crippen LogP contribution in [0.3, 0.4) is 0 Å². The van der Waals surface area contributed by atoms with Crippen LogP contribution in [-0.4, -0.2) is 59.0 Å². The first-order valence-corrected chi connectivity index (χ1v) is 9.81. The number of aryl methyl sites for hydroxylation is 1. The van der Waals surface area contributed by atoms with Crippen LogP contribution < -0.4 is 4.90 Å². The van der Waals surface area contributed by atoms with Crippen molar-refractivity contribution in [1.29, 1.82) is 0 Å². The Morgan fingerprint density at radius 1 is 1.00 bits per heavy atom. The largest absolute Gasteiger partial charge is 0.338 e. The lowest BCUT2D eigenvalue weighted by Crippen LogP contribution is -2.47. The molecule has 0 amide bonds. The monoisotopic (exact) mass is 423 g/mol. The van der Waals surface area contributed by atoms with E-state index in [1.807, 2.05) is 0 Å². The molecular formula is C21H31Cl2N5. The van der Waals surface area contributed by atoms with Crippen LogP contribution in [0, 0.1) is 6.92 Å². The van der Waals surface area contributed by atoms with E-state index in [1.165, 1.54) is 22.4 Å². The quantitative estimate of drug-likeness (QED) is 0.753. The lowest BCUT2D eigenvalue weighted by molar-refractivity contribution is 0.242. The maximum Gasteiger partial charge on any atom is 0.225 e. The third-order valence-electron chi connectivity index (χ3n) is 5.59. The van der Waals surface area contributed by atoms with Crippen molar-refractivity contribution in [1.82, 2.24) is 19.8 Å². The third-order valence-corrected chi connectivity index (χ3v) is 5.59. The molecule has 1 aromatic heterocycles. The van der Waals surface area contributed by atoms with Gasteiger partial charge >= 0.3 is 0 Å². The number of anilines is 1. The summed E-state index contributed by atoms with van der Waals surface area (Å²) in [4.78, 5) is 16.9. The molecule has 0 saturated carbocycles. The van der Waals surface area contributed by atoms with Gasteiger partial charge in [-0.1, -0.05) is 36.8 Å². The van der Waals surface area contributed by atoms with E-state index in [4.69, 9.17) is 9.97 Å². The molecule has 28 heavy (non-hydrogen) atoms. The minimum Gasteiger partial charge on any atom is -0.338 e. The lowest BCUT2D eigenvalue weighted by atomic mass is 10.1. The lowest BCUT2D eigenvalue weighted by Gasteiger charge is -2.35. The molecule has 3 heterocycles. The van der Waals surface area contributed by atoms with Crippen molar-refractivity contribution in [2.75, 3.05) is 44.2 Å². The van der Waals surface area contributed by atoms with E-state index in [2.05, 4.69) is 59.0 Å². The van der Waals surface area contributed by atoms with E-state index in [0.717, 1.165) is 64.7 Å². The van der Waals surface area contributed by atoms with Gasteiger partial charge in [-0.3, -0.25) is 4.90 Å². The van der Waals surface area contributed by atoms with Crippen LogP contribution in [0.25, 0.3) is 0 Å². The molecule has 4 rings (SSSR count). The molecule has 1 fully saturated rings. The van der Waals surface area contributed by atoms with Crippen LogP contribution in [0.15, 0.2) is 30.5 Å². The second kappa shape index (κ2) is 10.4. The fourth-order valence-electron chi connectivity index (χ4n) is 3.98. The Hall–Kier alpha value is -1.40. The Morgan fingerprint density at radius 2 is 1.79 bits per heavy atom. The number of piperazine rings is 1. The fourth-order valence-corrected chi connectivity index (χ4v) is 3.98. The molecule has 7 heteroatoms. The van der Waals surface area contributed by atoms with Gasteiger partial charge in [0.05, 0.1) is 5.69 Å². The number of hydrogen-bond acceptors (Lipinski definition) is 5. The molecule has 5 nitrogen and oxygen atoms in total. The number of rotatable bonds is 4. The zero-order valence-corrected chi connectivity index (χ0v) is 18.4. The highest BCUT2D eigenvalue weighted by atomic mass is 35.5. The van der Waals surface area contributed by atoms with Crippen molar-refractivity contribution < 1.29 is 0 Å². The van der Waals surface area contributed by atoms with E-state index in [9.17, 15) is 0 Å². The van der Waals surface area contributed by atoms with Gasteiger partial charge in [0.15, 0.2) is 0 Å². The molecule has 2 aliphatic heterocycles. The van der Waals surface area contributed by atoms with Gasteiger partial charge in [-0.2, -0.15) is 0 Å². The second-order valence-corrected chi connectivity index (χ2v) is 7.51. The van der Waals surface area contributed by atoms with Gasteiger partial charge < -0.3 is 9.80 Å². The highest BCUT2D eigenvalue weighted by Gasteiger charge is 2.22. The van der Waals surface area contributed by atoms with Crippen LogP contribution in [0.5, 0.6) is 0 Å². The van der Waals surface area contributed by atoms with E-state index in [1.54, 1.807) is 0 Å². The highest BCUT2D eigenvalue weighted by Crippen LogP contribution is 2.21. The maximum atomic E-state index is 4.91. The van der Waals surface area contributed by atoms with E-state index >= 15 is 0 Å². The minimum atomic E-state index is 0. The topological polar surface area (TPSA) is 35.5 Å². The first-order chi connectivity index (χ1) is 12.7. The van der Waals surface area contributed by atoms with Crippen molar-refractivity contribution in [3.63, 3.8) is 0 Å². The summed E-state index contributed by atoms with van der Waals surface area (Å²) in [5, 5.41) is 0. The average molecular weight is 424 g/mol. The fraction of sp³-hybridized carbons (Fsp3) is 0.524. The summed E-state index contributed by atoms with van der Waals surface area (Å²) in [6.45, 7) is 12.8. The van der Waals surface area contributed by atoms with E-state index in [0.29, 0.717) is 0 Å². The zero-order valence-electron chi connectivity index (χ0n) is 16.8. The Morgan fingerprint density at radius 3 is 2.50 bits per heavy atom. The predicted octanol–water partition coefficient (Wildman–Crippen LogP) is 3.33. The zero-order chi connectivity index (χ0) is 17.9. The van der Waals surface area contributed by atoms with Crippen LogP contribution in [0.2, 0.25) is 0 Å². The molecule has 0 radical (unpaired) electrons. The van der Waals surface area contributed by atoms with Crippen molar-refractivity contribution in [2.24, 2.45) is 0 Å². The van der Waals surface area contributed by atoms with E-state index < -0.39 is 0 Å². The van der Waals surface area contributed by atoms with Crippen LogP contribution >= 0.6 is 24.8 Å². The number of fused-ring (bicyclic) bond motifs is 1. The van der Waals surface area contributed by atoms with Crippen molar-refractivity contribution >= 4 is 30.8 Å². The molecular weight excluding hydrogens is 393 g/mol. The molecule has 0 bridgehead atoms. The molecule has 0 N–H and O–H groups in total. The SMILES string of the molecule is CCN1CCN(c2ncc3c(n2)CCN(Cc2cccc(C)c2)C3)CC1.Cl.Cl. The van der Waals surface area contributed by atoms with Crippen molar-refractivity contribution in [3.8, 4) is 0 Å². The van der Waals surface area contributed by atoms with Gasteiger partial charge in [-0.25, -0.2) is 9.97 Å². The van der Waals surface area contributed by atoms with Gasteiger partial charge in [-0.05, 0) is 19.0 Å². The first kappa shape index (κ1) is 22.9. The Bertz CT molecular complexity index is 762. The number of likely N-dealkylation sites (N-methyl/N-ethyl adjacent to an activating group) is 1. The number of aromatic nitrogens is 2. The number of hydrogen-bond donors (Lipinski definition) is 0. The number of halogens is 2. The molecule has 1 aromatic carbocycles. The molecule has 0 atom stereocenters. The molecule has 0 aliphatic carbocycles. The second-order valence-electron chi connectivity index (χ2n) is 7.51. The summed E-state index contributed by atoms with van der Waals surface area (Å²) in [6.07, 6.45) is 3.08. The third kappa shape index (κ3) is 5.35. The van der Waals surface area contributed by atoms with Gasteiger partial charge in [0.1, 0.15) is 0 Å². The summed E-state index contributed by atoms with van der Waals surface area (Å²) in [5.41, 5.74) is 5.25. The van der Waals surface area contributed by atoms with Crippen molar-refractivity contribution in [3.05, 3.63) is 52.8 Å². The first-order valence-electron chi connectivity index (χ1n) is 9.81. The summed E-state index contributed by atoms with van der Waals surface area (Å²) in [5.74, 6) is 0.923. The Balaban J connectivity index is 0.00000140. The Kier molecular flexibility index (Phi) is 8.50. The highest BCUT2D eigenvalue weighted by molar-refractivity contribution is 5.85. The van der Waals surface area contributed by atoms with Gasteiger partial charge in [0.25, 0.3) is 0 Å². The summed E-state index contributed by atoms with van der Waals surface area (Å²) in [6, 6.07) is 8.81. The molecule has 154 valence electrons. The normalized spacial score (nSPS) is 17.4. The molecule has 0 unspecified atom stereocenters. The van der Waals surface area contributed by atoms with Gasteiger partial charge in [0.2, 0.25) is 5.95 Å². The molecule has 2 aromatic rings. The van der Waals surface area contributed by atoms with Crippen LogP contribution in [-0.2, 0) is 19.5 Å². The van der Waals surface area contributed by atoms with Crippen LogP contribution in [0.4, 0.5) is 5.95 Å². The Labute approximate surface area is 181 Å². The summed E-state index contributed by atoms with van der Waals surface area (Å²) < 4.78 is 0. The maximum absolute atomic E-state index is 4.91. The van der Waals surface area contributed by atoms with E-state index in [-0.39, 0.29) is 24.8 Å². The summed E-state index contributed by atoms with van der Waals surface area (Å²) >= 11 is 0. The minimum absolute atomic E-state index is 0. The van der Waals surface area contributed by atoms with Crippen molar-refractivity contribution in [2.45, 2.75) is 33.4 Å². The molecule has 2 aliphatic rings. The smallest absolute Gasteiger partial charge is 0.225 e. The summed E-state index contributed by atoms with van der Waals surface area (Å²) in [7, 11) is 0. The molecule has 1 saturated heterocycles. The van der Waals surface area contributed by atoms with Gasteiger partial charge in [0, 0.05) is 64.0 Å². The predicted molar refractivity (Wildman–Crippen MR) is 120 cm³/mol. The standard InChI is InChI=1S/C21H29N5.2ClH/c1-3-24-9-11-26(12-10-24)21-22-14-19-16-25(8-7-20(19)23-21)15-18-6-4-5-17(2)13-18;;/h4-6,13-14H,3,7-12,15-16H2,1-2H3;2*1H. The number of nitrogens with zero attached hydrogens (tertiary/aromatic N) is 5.